The number of anilines is 1. The fourth-order valence-corrected chi connectivity index (χ4v) is 3.20. The van der Waals surface area contributed by atoms with Crippen molar-refractivity contribution in [2.75, 3.05) is 23.6 Å². The van der Waals surface area contributed by atoms with Gasteiger partial charge in [-0.05, 0) is 47.1 Å². The summed E-state index contributed by atoms with van der Waals surface area (Å²) in [6.07, 6.45) is 0. The Bertz CT molecular complexity index is 520. The van der Waals surface area contributed by atoms with E-state index in [9.17, 15) is 8.42 Å². The van der Waals surface area contributed by atoms with Gasteiger partial charge in [0.25, 0.3) is 0 Å². The SMILES string of the molecule is CCNCCS(=O)(=O)Nc1cc(Cl)c(C)cc1Br. The molecule has 0 heterocycles. The van der Waals surface area contributed by atoms with Crippen molar-refractivity contribution in [3.8, 4) is 0 Å². The van der Waals surface area contributed by atoms with E-state index in [-0.39, 0.29) is 5.75 Å². The van der Waals surface area contributed by atoms with Crippen molar-refractivity contribution in [1.29, 1.82) is 0 Å². The van der Waals surface area contributed by atoms with Gasteiger partial charge in [0.1, 0.15) is 0 Å². The first-order valence-corrected chi connectivity index (χ1v) is 8.35. The maximum absolute atomic E-state index is 11.8. The van der Waals surface area contributed by atoms with Crippen molar-refractivity contribution in [3.63, 3.8) is 0 Å². The summed E-state index contributed by atoms with van der Waals surface area (Å²) in [5.41, 5.74) is 1.35. The summed E-state index contributed by atoms with van der Waals surface area (Å²) < 4.78 is 26.8. The van der Waals surface area contributed by atoms with Crippen LogP contribution in [0.5, 0.6) is 0 Å². The molecule has 4 nitrogen and oxygen atoms in total. The smallest absolute Gasteiger partial charge is 0.234 e. The van der Waals surface area contributed by atoms with Crippen LogP contribution < -0.4 is 10.0 Å². The van der Waals surface area contributed by atoms with Crippen LogP contribution in [0.2, 0.25) is 5.02 Å². The first-order chi connectivity index (χ1) is 8.35. The van der Waals surface area contributed by atoms with E-state index in [1.165, 1.54) is 0 Å². The summed E-state index contributed by atoms with van der Waals surface area (Å²) in [5.74, 6) is 0.0266. The minimum Gasteiger partial charge on any atom is -0.316 e. The molecule has 0 saturated carbocycles. The zero-order valence-electron chi connectivity index (χ0n) is 10.3. The quantitative estimate of drug-likeness (QED) is 0.771. The van der Waals surface area contributed by atoms with Crippen molar-refractivity contribution < 1.29 is 8.42 Å². The number of nitrogens with one attached hydrogen (secondary N) is 2. The molecule has 0 aliphatic heterocycles. The van der Waals surface area contributed by atoms with Crippen LogP contribution in [0, 0.1) is 6.92 Å². The maximum Gasteiger partial charge on any atom is 0.234 e. The van der Waals surface area contributed by atoms with Gasteiger partial charge in [0.05, 0.1) is 11.4 Å². The summed E-state index contributed by atoms with van der Waals surface area (Å²) in [4.78, 5) is 0. The van der Waals surface area contributed by atoms with Gasteiger partial charge in [0, 0.05) is 16.0 Å². The van der Waals surface area contributed by atoms with E-state index in [0.29, 0.717) is 21.7 Å². The second-order valence-electron chi connectivity index (χ2n) is 3.86. The molecule has 1 aromatic carbocycles. The summed E-state index contributed by atoms with van der Waals surface area (Å²) in [6, 6.07) is 3.39. The fraction of sp³-hybridized carbons (Fsp3) is 0.455. The van der Waals surface area contributed by atoms with E-state index < -0.39 is 10.0 Å². The van der Waals surface area contributed by atoms with Crippen LogP contribution in [0.1, 0.15) is 12.5 Å². The first kappa shape index (κ1) is 15.8. The zero-order valence-corrected chi connectivity index (χ0v) is 13.4. The summed E-state index contributed by atoms with van der Waals surface area (Å²) in [5, 5.41) is 3.50. The van der Waals surface area contributed by atoms with Gasteiger partial charge < -0.3 is 5.32 Å². The van der Waals surface area contributed by atoms with Crippen molar-refractivity contribution in [2.45, 2.75) is 13.8 Å². The third-order valence-corrected chi connectivity index (χ3v) is 4.65. The first-order valence-electron chi connectivity index (χ1n) is 5.52. The normalized spacial score (nSPS) is 11.6. The largest absolute Gasteiger partial charge is 0.316 e. The van der Waals surface area contributed by atoms with Gasteiger partial charge >= 0.3 is 0 Å². The van der Waals surface area contributed by atoms with E-state index in [1.54, 1.807) is 12.1 Å². The van der Waals surface area contributed by atoms with Crippen molar-refractivity contribution in [1.82, 2.24) is 5.32 Å². The number of sulfonamides is 1. The lowest BCUT2D eigenvalue weighted by molar-refractivity contribution is 0.597. The lowest BCUT2D eigenvalue weighted by Crippen LogP contribution is -2.26. The van der Waals surface area contributed by atoms with Crippen LogP contribution in [-0.2, 0) is 10.0 Å². The third-order valence-electron chi connectivity index (χ3n) is 2.31. The van der Waals surface area contributed by atoms with Crippen molar-refractivity contribution >= 4 is 43.2 Å². The maximum atomic E-state index is 11.8. The van der Waals surface area contributed by atoms with Crippen molar-refractivity contribution in [3.05, 3.63) is 27.2 Å². The highest BCUT2D eigenvalue weighted by molar-refractivity contribution is 9.10. The van der Waals surface area contributed by atoms with E-state index >= 15 is 0 Å². The Labute approximate surface area is 121 Å². The summed E-state index contributed by atoms with van der Waals surface area (Å²) in [6.45, 7) is 4.95. The lowest BCUT2D eigenvalue weighted by Gasteiger charge is -2.11. The molecule has 0 atom stereocenters. The van der Waals surface area contributed by atoms with E-state index in [2.05, 4.69) is 26.0 Å². The number of rotatable bonds is 6. The number of benzene rings is 1. The molecule has 0 unspecified atom stereocenters. The number of hydrogen-bond acceptors (Lipinski definition) is 3. The molecule has 0 amide bonds. The Morgan fingerprint density at radius 3 is 2.67 bits per heavy atom. The summed E-state index contributed by atoms with van der Waals surface area (Å²) in [7, 11) is -3.36. The molecule has 0 radical (unpaired) electrons. The van der Waals surface area contributed by atoms with Crippen LogP contribution in [-0.4, -0.2) is 27.3 Å². The predicted octanol–water partition coefficient (Wildman–Crippen LogP) is 2.76. The van der Waals surface area contributed by atoms with Gasteiger partial charge in [-0.1, -0.05) is 18.5 Å². The zero-order chi connectivity index (χ0) is 13.8. The number of halogens is 2. The minimum atomic E-state index is -3.36. The molecule has 0 aromatic heterocycles. The third kappa shape index (κ3) is 4.76. The number of aryl methyl sites for hydroxylation is 1. The van der Waals surface area contributed by atoms with E-state index in [1.807, 2.05) is 13.8 Å². The highest BCUT2D eigenvalue weighted by Gasteiger charge is 2.13. The molecule has 1 rings (SSSR count). The molecule has 102 valence electrons. The average Bonchev–Trinajstić information content (AvgIpc) is 2.26. The predicted molar refractivity (Wildman–Crippen MR) is 79.8 cm³/mol. The van der Waals surface area contributed by atoms with Gasteiger partial charge in [0.2, 0.25) is 10.0 Å². The monoisotopic (exact) mass is 354 g/mol. The van der Waals surface area contributed by atoms with E-state index in [0.717, 1.165) is 12.1 Å². The minimum absolute atomic E-state index is 0.0266. The molecular formula is C11H16BrClN2O2S. The van der Waals surface area contributed by atoms with Crippen molar-refractivity contribution in [2.24, 2.45) is 0 Å². The Morgan fingerprint density at radius 1 is 1.39 bits per heavy atom. The Balaban J connectivity index is 2.81. The highest BCUT2D eigenvalue weighted by Crippen LogP contribution is 2.29. The van der Waals surface area contributed by atoms with Crippen LogP contribution in [0.15, 0.2) is 16.6 Å². The molecule has 0 fully saturated rings. The standard InChI is InChI=1S/C11H16BrClN2O2S/c1-3-14-4-5-18(16,17)15-11-7-10(13)8(2)6-9(11)12/h6-7,14-15H,3-5H2,1-2H3. The molecule has 0 bridgehead atoms. The van der Waals surface area contributed by atoms with Gasteiger partial charge in [0.15, 0.2) is 0 Å². The molecule has 1 aromatic rings. The van der Waals surface area contributed by atoms with Gasteiger partial charge in [-0.15, -0.1) is 0 Å². The van der Waals surface area contributed by atoms with Crippen LogP contribution in [0.3, 0.4) is 0 Å². The van der Waals surface area contributed by atoms with Gasteiger partial charge in [-0.2, -0.15) is 0 Å². The molecule has 7 heteroatoms. The lowest BCUT2D eigenvalue weighted by atomic mass is 10.2. The molecular weight excluding hydrogens is 340 g/mol. The second kappa shape index (κ2) is 6.75. The second-order valence-corrected chi connectivity index (χ2v) is 6.96. The Hall–Kier alpha value is -0.300. The van der Waals surface area contributed by atoms with Crippen LogP contribution in [0.25, 0.3) is 0 Å². The topological polar surface area (TPSA) is 58.2 Å². The van der Waals surface area contributed by atoms with Gasteiger partial charge in [-0.25, -0.2) is 8.42 Å². The average molecular weight is 356 g/mol. The molecule has 0 aliphatic carbocycles. The Morgan fingerprint density at radius 2 is 2.06 bits per heavy atom. The Kier molecular flexibility index (Phi) is 5.91. The molecule has 18 heavy (non-hydrogen) atoms. The van der Waals surface area contributed by atoms with Gasteiger partial charge in [-0.3, -0.25) is 4.72 Å². The fourth-order valence-electron chi connectivity index (χ4n) is 1.33. The highest BCUT2D eigenvalue weighted by atomic mass is 79.9. The molecule has 0 saturated heterocycles. The molecule has 2 N–H and O–H groups in total. The van der Waals surface area contributed by atoms with E-state index in [4.69, 9.17) is 11.6 Å². The molecule has 0 spiro atoms. The summed E-state index contributed by atoms with van der Waals surface area (Å²) >= 11 is 9.29. The number of hydrogen-bond donors (Lipinski definition) is 2. The van der Waals surface area contributed by atoms with Crippen LogP contribution in [0.4, 0.5) is 5.69 Å². The molecule has 0 aliphatic rings. The van der Waals surface area contributed by atoms with Crippen LogP contribution >= 0.6 is 27.5 Å².